The summed E-state index contributed by atoms with van der Waals surface area (Å²) in [5.41, 5.74) is 2.58. The normalized spacial score (nSPS) is 16.7. The molecule has 0 bridgehead atoms. The minimum atomic E-state index is -0.688. The van der Waals surface area contributed by atoms with Gasteiger partial charge in [0.25, 0.3) is 0 Å². The number of nitrogens with one attached hydrogen (secondary N) is 2. The van der Waals surface area contributed by atoms with E-state index in [1.165, 1.54) is 0 Å². The van der Waals surface area contributed by atoms with Crippen molar-refractivity contribution >= 4 is 17.5 Å². The molecule has 2 aliphatic rings. The lowest BCUT2D eigenvalue weighted by Crippen LogP contribution is -2.45. The van der Waals surface area contributed by atoms with Crippen LogP contribution in [0.2, 0.25) is 0 Å². The van der Waals surface area contributed by atoms with Gasteiger partial charge in [-0.2, -0.15) is 0 Å². The summed E-state index contributed by atoms with van der Waals surface area (Å²) in [5, 5.41) is 5.41. The van der Waals surface area contributed by atoms with Crippen LogP contribution in [0.3, 0.4) is 0 Å². The first kappa shape index (κ1) is 20.2. The molecular weight excluding hydrogens is 386 g/mol. The number of hydrogen-bond donors (Lipinski definition) is 2. The lowest BCUT2D eigenvalue weighted by molar-refractivity contribution is -0.136. The second-order valence-electron chi connectivity index (χ2n) is 7.31. The molecule has 2 amide bonds. The largest absolute Gasteiger partial charge is 0.454 e. The molecule has 8 heteroatoms. The summed E-state index contributed by atoms with van der Waals surface area (Å²) >= 11 is 0. The summed E-state index contributed by atoms with van der Waals surface area (Å²) in [4.78, 5) is 27.0. The maximum Gasteiger partial charge on any atom is 0.313 e. The Morgan fingerprint density at radius 3 is 2.63 bits per heavy atom. The van der Waals surface area contributed by atoms with Gasteiger partial charge in [0.05, 0.1) is 19.3 Å². The molecular formula is C22H25N3O5. The van der Waals surface area contributed by atoms with Gasteiger partial charge < -0.3 is 24.8 Å². The highest BCUT2D eigenvalue weighted by Gasteiger charge is 2.26. The fraction of sp³-hybridized carbons (Fsp3) is 0.364. The van der Waals surface area contributed by atoms with Crippen LogP contribution in [0, 0.1) is 6.92 Å². The Labute approximate surface area is 175 Å². The molecule has 2 aromatic rings. The third kappa shape index (κ3) is 4.72. The highest BCUT2D eigenvalue weighted by molar-refractivity contribution is 6.39. The topological polar surface area (TPSA) is 89.1 Å². The minimum Gasteiger partial charge on any atom is -0.454 e. The van der Waals surface area contributed by atoms with E-state index in [2.05, 4.69) is 15.5 Å². The molecule has 4 rings (SSSR count). The van der Waals surface area contributed by atoms with E-state index in [1.54, 1.807) is 6.07 Å². The number of benzene rings is 2. The lowest BCUT2D eigenvalue weighted by atomic mass is 10.0. The van der Waals surface area contributed by atoms with Gasteiger partial charge in [-0.15, -0.1) is 0 Å². The van der Waals surface area contributed by atoms with E-state index < -0.39 is 11.8 Å². The van der Waals surface area contributed by atoms with Gasteiger partial charge in [-0.1, -0.05) is 18.2 Å². The Morgan fingerprint density at radius 2 is 1.83 bits per heavy atom. The van der Waals surface area contributed by atoms with Crippen LogP contribution in [0.4, 0.5) is 5.69 Å². The van der Waals surface area contributed by atoms with Gasteiger partial charge in [0.1, 0.15) is 0 Å². The second kappa shape index (κ2) is 9.15. The van der Waals surface area contributed by atoms with Crippen molar-refractivity contribution in [1.29, 1.82) is 0 Å². The Bertz CT molecular complexity index is 927. The van der Waals surface area contributed by atoms with Crippen LogP contribution in [0.15, 0.2) is 42.5 Å². The van der Waals surface area contributed by atoms with E-state index in [0.29, 0.717) is 36.9 Å². The third-order valence-corrected chi connectivity index (χ3v) is 5.21. The van der Waals surface area contributed by atoms with Crippen molar-refractivity contribution in [2.45, 2.75) is 13.0 Å². The van der Waals surface area contributed by atoms with Gasteiger partial charge in [0.2, 0.25) is 6.79 Å². The minimum absolute atomic E-state index is 0.112. The van der Waals surface area contributed by atoms with E-state index in [1.807, 2.05) is 43.3 Å². The molecule has 2 aromatic carbocycles. The van der Waals surface area contributed by atoms with Gasteiger partial charge in [0.15, 0.2) is 11.5 Å². The molecule has 0 aliphatic carbocycles. The van der Waals surface area contributed by atoms with Crippen LogP contribution in [0.25, 0.3) is 0 Å². The average molecular weight is 411 g/mol. The Hall–Kier alpha value is -3.10. The molecule has 0 spiro atoms. The fourth-order valence-electron chi connectivity index (χ4n) is 3.65. The number of morpholine rings is 1. The summed E-state index contributed by atoms with van der Waals surface area (Å²) in [6, 6.07) is 13.0. The van der Waals surface area contributed by atoms with Crippen molar-refractivity contribution in [1.82, 2.24) is 10.2 Å². The Morgan fingerprint density at radius 1 is 1.03 bits per heavy atom. The zero-order valence-electron chi connectivity index (χ0n) is 16.8. The van der Waals surface area contributed by atoms with E-state index in [0.717, 1.165) is 24.2 Å². The summed E-state index contributed by atoms with van der Waals surface area (Å²) in [7, 11) is 0. The molecule has 0 unspecified atom stereocenters. The third-order valence-electron chi connectivity index (χ3n) is 5.21. The van der Waals surface area contributed by atoms with Crippen molar-refractivity contribution in [3.05, 3.63) is 53.6 Å². The van der Waals surface area contributed by atoms with Gasteiger partial charge >= 0.3 is 11.8 Å². The maximum atomic E-state index is 12.4. The molecule has 1 saturated heterocycles. The van der Waals surface area contributed by atoms with E-state index in [-0.39, 0.29) is 12.8 Å². The summed E-state index contributed by atoms with van der Waals surface area (Å²) in [6.07, 6.45) is 0. The number of anilines is 1. The second-order valence-corrected chi connectivity index (χ2v) is 7.31. The van der Waals surface area contributed by atoms with Crippen molar-refractivity contribution in [3.63, 3.8) is 0 Å². The lowest BCUT2D eigenvalue weighted by Gasteiger charge is -2.34. The highest BCUT2D eigenvalue weighted by atomic mass is 16.7. The van der Waals surface area contributed by atoms with Crippen LogP contribution in [-0.4, -0.2) is 56.4 Å². The molecule has 0 radical (unpaired) electrons. The number of carbonyl (C=O) groups excluding carboxylic acids is 2. The number of aryl methyl sites for hydroxylation is 1. The first-order valence-corrected chi connectivity index (χ1v) is 9.97. The fourth-order valence-corrected chi connectivity index (χ4v) is 3.65. The van der Waals surface area contributed by atoms with Crippen molar-refractivity contribution in [2.75, 3.05) is 45.0 Å². The molecule has 1 atom stereocenters. The maximum absolute atomic E-state index is 12.4. The first-order valence-electron chi connectivity index (χ1n) is 9.97. The Kier molecular flexibility index (Phi) is 6.15. The van der Waals surface area contributed by atoms with Crippen LogP contribution in [-0.2, 0) is 14.3 Å². The summed E-state index contributed by atoms with van der Waals surface area (Å²) in [6.45, 7) is 5.16. The number of hydrogen-bond acceptors (Lipinski definition) is 6. The highest BCUT2D eigenvalue weighted by Crippen LogP contribution is 2.35. The van der Waals surface area contributed by atoms with Crippen LogP contribution in [0.1, 0.15) is 17.2 Å². The van der Waals surface area contributed by atoms with Crippen molar-refractivity contribution < 1.29 is 23.8 Å². The standard InChI is InChI=1S/C22H25N3O5/c1-15-3-2-4-17(11-15)24-22(27)21(26)23-13-18(25-7-9-28-10-8-25)16-5-6-19-20(12-16)30-14-29-19/h2-6,11-12,18H,7-10,13-14H2,1H3,(H,23,26)(H,24,27)/t18-/m1/s1. The number of rotatable bonds is 5. The molecule has 30 heavy (non-hydrogen) atoms. The molecule has 8 nitrogen and oxygen atoms in total. The number of nitrogens with zero attached hydrogens (tertiary/aromatic N) is 1. The summed E-state index contributed by atoms with van der Waals surface area (Å²) < 4.78 is 16.4. The molecule has 1 fully saturated rings. The van der Waals surface area contributed by atoms with Gasteiger partial charge in [-0.3, -0.25) is 14.5 Å². The summed E-state index contributed by atoms with van der Waals surface area (Å²) in [5.74, 6) is 0.0397. The predicted molar refractivity (Wildman–Crippen MR) is 111 cm³/mol. The number of amides is 2. The quantitative estimate of drug-likeness (QED) is 0.730. The molecule has 0 saturated carbocycles. The van der Waals surface area contributed by atoms with E-state index in [9.17, 15) is 9.59 Å². The zero-order valence-corrected chi connectivity index (χ0v) is 16.8. The van der Waals surface area contributed by atoms with Crippen molar-refractivity contribution in [3.8, 4) is 11.5 Å². The SMILES string of the molecule is Cc1cccc(NC(=O)C(=O)NC[C@H](c2ccc3c(c2)OCO3)N2CCOCC2)c1. The predicted octanol–water partition coefficient (Wildman–Crippen LogP) is 1.85. The van der Waals surface area contributed by atoms with Gasteiger partial charge in [-0.25, -0.2) is 0 Å². The monoisotopic (exact) mass is 411 g/mol. The van der Waals surface area contributed by atoms with Crippen LogP contribution in [0.5, 0.6) is 11.5 Å². The molecule has 158 valence electrons. The van der Waals surface area contributed by atoms with E-state index >= 15 is 0 Å². The molecule has 2 heterocycles. The number of carbonyl (C=O) groups is 2. The van der Waals surface area contributed by atoms with Crippen LogP contribution >= 0.6 is 0 Å². The Balaban J connectivity index is 1.43. The number of ether oxygens (including phenoxy) is 3. The molecule has 2 N–H and O–H groups in total. The zero-order chi connectivity index (χ0) is 20.9. The average Bonchev–Trinajstić information content (AvgIpc) is 3.22. The van der Waals surface area contributed by atoms with Gasteiger partial charge in [0, 0.05) is 25.3 Å². The first-order chi connectivity index (χ1) is 14.6. The number of fused-ring (bicyclic) bond motifs is 1. The molecule has 2 aliphatic heterocycles. The molecule has 0 aromatic heterocycles. The smallest absolute Gasteiger partial charge is 0.313 e. The van der Waals surface area contributed by atoms with Crippen molar-refractivity contribution in [2.24, 2.45) is 0 Å². The van der Waals surface area contributed by atoms with Crippen LogP contribution < -0.4 is 20.1 Å². The van der Waals surface area contributed by atoms with Gasteiger partial charge in [-0.05, 0) is 42.3 Å². The van der Waals surface area contributed by atoms with E-state index in [4.69, 9.17) is 14.2 Å².